The van der Waals surface area contributed by atoms with Crippen LogP contribution in [0.5, 0.6) is 0 Å². The molecule has 154 valence electrons. The molecule has 1 heterocycles. The van der Waals surface area contributed by atoms with Crippen LogP contribution in [-0.4, -0.2) is 12.0 Å². The van der Waals surface area contributed by atoms with E-state index in [0.717, 1.165) is 5.56 Å². The van der Waals surface area contributed by atoms with Gasteiger partial charge in [-0.05, 0) is 59.4 Å². The number of aromatic carboxylic acids is 1. The van der Waals surface area contributed by atoms with Gasteiger partial charge in [0.05, 0.1) is 5.97 Å². The molecule has 2 unspecified atom stereocenters. The van der Waals surface area contributed by atoms with Gasteiger partial charge in [0.2, 0.25) is 0 Å². The molecule has 2 aliphatic rings. The van der Waals surface area contributed by atoms with Crippen molar-refractivity contribution in [2.24, 2.45) is 0 Å². The summed E-state index contributed by atoms with van der Waals surface area (Å²) < 4.78 is 0. The number of benzene rings is 3. The van der Waals surface area contributed by atoms with E-state index in [1.165, 1.54) is 41.8 Å². The third-order valence-corrected chi connectivity index (χ3v) is 6.39. The fourth-order valence-electron chi connectivity index (χ4n) is 4.97. The van der Waals surface area contributed by atoms with Crippen LogP contribution in [0, 0.1) is 0 Å². The summed E-state index contributed by atoms with van der Waals surface area (Å²) in [6.07, 6.45) is 11.9. The fourth-order valence-corrected chi connectivity index (χ4v) is 4.97. The first-order valence-electron chi connectivity index (χ1n) is 10.8. The van der Waals surface area contributed by atoms with Crippen molar-refractivity contribution in [2.45, 2.75) is 31.2 Å². The molecule has 0 N–H and O–H groups in total. The van der Waals surface area contributed by atoms with E-state index in [9.17, 15) is 9.90 Å². The standard InChI is InChI=1S/C28H25NO2.K/c30-28(31)22-16-13-20(14-17-22)7-4-5-8-21-15-18-27-25(19-21)24-11-6-12-26(24)29(27)23-9-2-1-3-10-23;/h1-5,7-10,13-19,24,26H,6,11-12H2,(H,30,31);/q;+1/p-1. The van der Waals surface area contributed by atoms with Crippen LogP contribution in [-0.2, 0) is 0 Å². The second kappa shape index (κ2) is 10.3. The maximum Gasteiger partial charge on any atom is 1.00 e. The van der Waals surface area contributed by atoms with Gasteiger partial charge in [0.1, 0.15) is 0 Å². The minimum absolute atomic E-state index is 0. The molecule has 0 amide bonds. The van der Waals surface area contributed by atoms with Crippen LogP contribution < -0.4 is 61.4 Å². The average Bonchev–Trinajstić information content (AvgIpc) is 3.38. The molecular weight excluding hydrogens is 421 g/mol. The summed E-state index contributed by atoms with van der Waals surface area (Å²) in [5.74, 6) is -0.538. The molecule has 2 atom stereocenters. The van der Waals surface area contributed by atoms with Crippen molar-refractivity contribution in [3.8, 4) is 0 Å². The third-order valence-electron chi connectivity index (χ3n) is 6.39. The molecule has 1 saturated carbocycles. The number of rotatable bonds is 5. The Bertz CT molecular complexity index is 1150. The predicted octanol–water partition coefficient (Wildman–Crippen LogP) is 2.57. The molecule has 5 rings (SSSR count). The molecule has 1 aliphatic carbocycles. The van der Waals surface area contributed by atoms with Crippen LogP contribution in [0.1, 0.15) is 52.2 Å². The van der Waals surface area contributed by atoms with Crippen LogP contribution in [0.4, 0.5) is 11.4 Å². The number of fused-ring (bicyclic) bond motifs is 3. The summed E-state index contributed by atoms with van der Waals surface area (Å²) in [5.41, 5.74) is 6.46. The van der Waals surface area contributed by atoms with Gasteiger partial charge in [-0.2, -0.15) is 0 Å². The zero-order valence-electron chi connectivity index (χ0n) is 18.3. The first-order valence-corrected chi connectivity index (χ1v) is 10.8. The van der Waals surface area contributed by atoms with Crippen LogP contribution in [0.3, 0.4) is 0 Å². The zero-order valence-corrected chi connectivity index (χ0v) is 21.4. The monoisotopic (exact) mass is 445 g/mol. The first kappa shape index (κ1) is 23.2. The van der Waals surface area contributed by atoms with E-state index in [1.54, 1.807) is 24.3 Å². The second-order valence-electron chi connectivity index (χ2n) is 8.26. The van der Waals surface area contributed by atoms with Crippen molar-refractivity contribution in [1.82, 2.24) is 0 Å². The largest absolute Gasteiger partial charge is 1.00 e. The first-order chi connectivity index (χ1) is 15.2. The number of carbonyl (C=O) groups is 1. The van der Waals surface area contributed by atoms with Gasteiger partial charge in [-0.1, -0.05) is 79.3 Å². The van der Waals surface area contributed by atoms with Crippen molar-refractivity contribution in [2.75, 3.05) is 4.90 Å². The topological polar surface area (TPSA) is 43.4 Å². The number of carbonyl (C=O) groups excluding carboxylic acids is 1. The van der Waals surface area contributed by atoms with Crippen LogP contribution >= 0.6 is 0 Å². The van der Waals surface area contributed by atoms with Crippen molar-refractivity contribution in [3.63, 3.8) is 0 Å². The smallest absolute Gasteiger partial charge is 0.545 e. The maximum atomic E-state index is 10.8. The molecule has 0 saturated heterocycles. The molecule has 32 heavy (non-hydrogen) atoms. The van der Waals surface area contributed by atoms with Crippen molar-refractivity contribution >= 4 is 29.5 Å². The normalized spacial score (nSPS) is 19.2. The number of anilines is 2. The predicted molar refractivity (Wildman–Crippen MR) is 124 cm³/mol. The Kier molecular flexibility index (Phi) is 7.49. The molecule has 0 radical (unpaired) electrons. The van der Waals surface area contributed by atoms with Gasteiger partial charge in [0.15, 0.2) is 0 Å². The summed E-state index contributed by atoms with van der Waals surface area (Å²) in [6, 6.07) is 24.8. The summed E-state index contributed by atoms with van der Waals surface area (Å²) in [6.45, 7) is 0. The number of carboxylic acids is 1. The van der Waals surface area contributed by atoms with Gasteiger partial charge < -0.3 is 14.8 Å². The minimum Gasteiger partial charge on any atom is -0.545 e. The van der Waals surface area contributed by atoms with E-state index >= 15 is 0 Å². The Morgan fingerprint density at radius 2 is 1.56 bits per heavy atom. The molecule has 1 fully saturated rings. The summed E-state index contributed by atoms with van der Waals surface area (Å²) >= 11 is 0. The van der Waals surface area contributed by atoms with Crippen molar-refractivity contribution in [3.05, 3.63) is 107 Å². The molecule has 4 heteroatoms. The van der Waals surface area contributed by atoms with Crippen LogP contribution in [0.2, 0.25) is 0 Å². The van der Waals surface area contributed by atoms with Gasteiger partial charge in [-0.25, -0.2) is 0 Å². The zero-order chi connectivity index (χ0) is 21.2. The summed E-state index contributed by atoms with van der Waals surface area (Å²) in [5, 5.41) is 10.8. The Morgan fingerprint density at radius 1 is 0.875 bits per heavy atom. The molecule has 3 aromatic rings. The van der Waals surface area contributed by atoms with E-state index in [0.29, 0.717) is 12.0 Å². The molecule has 0 bridgehead atoms. The second-order valence-corrected chi connectivity index (χ2v) is 8.26. The number of hydrogen-bond acceptors (Lipinski definition) is 3. The van der Waals surface area contributed by atoms with Crippen molar-refractivity contribution in [1.29, 1.82) is 0 Å². The van der Waals surface area contributed by atoms with E-state index in [2.05, 4.69) is 59.5 Å². The number of para-hydroxylation sites is 1. The molecule has 0 spiro atoms. The molecule has 3 aromatic carbocycles. The Labute approximate surface area is 231 Å². The SMILES string of the molecule is O=C([O-])c1ccc(C=CC=Cc2ccc3c(c2)C2CCCC2N3c2ccccc2)cc1.[K+]. The van der Waals surface area contributed by atoms with Gasteiger partial charge >= 0.3 is 51.4 Å². The van der Waals surface area contributed by atoms with E-state index in [1.807, 2.05) is 18.2 Å². The van der Waals surface area contributed by atoms with Crippen LogP contribution in [0.15, 0.2) is 84.9 Å². The van der Waals surface area contributed by atoms with Crippen LogP contribution in [0.25, 0.3) is 12.2 Å². The minimum atomic E-state index is -1.15. The quantitative estimate of drug-likeness (QED) is 0.448. The van der Waals surface area contributed by atoms with E-state index in [-0.39, 0.29) is 56.9 Å². The van der Waals surface area contributed by atoms with Gasteiger partial charge in [0.25, 0.3) is 0 Å². The molecule has 0 aromatic heterocycles. The molecular formula is C28H24KNO2. The number of allylic oxidation sites excluding steroid dienone is 2. The summed E-state index contributed by atoms with van der Waals surface area (Å²) in [7, 11) is 0. The van der Waals surface area contributed by atoms with Gasteiger partial charge in [-0.3, -0.25) is 0 Å². The van der Waals surface area contributed by atoms with Gasteiger partial charge in [0, 0.05) is 23.3 Å². The Balaban J connectivity index is 0.00000245. The van der Waals surface area contributed by atoms with Gasteiger partial charge in [-0.15, -0.1) is 0 Å². The average molecular weight is 446 g/mol. The van der Waals surface area contributed by atoms with E-state index < -0.39 is 5.97 Å². The molecule has 3 nitrogen and oxygen atoms in total. The Morgan fingerprint density at radius 3 is 2.28 bits per heavy atom. The third kappa shape index (κ3) is 4.70. The maximum absolute atomic E-state index is 10.8. The van der Waals surface area contributed by atoms with Crippen molar-refractivity contribution < 1.29 is 61.3 Å². The number of carboxylic acid groups (broad SMARTS) is 1. The van der Waals surface area contributed by atoms with E-state index in [4.69, 9.17) is 0 Å². The fraction of sp³-hybridized carbons (Fsp3) is 0.179. The number of hydrogen-bond donors (Lipinski definition) is 0. The Hall–Kier alpha value is -1.95. The summed E-state index contributed by atoms with van der Waals surface area (Å²) in [4.78, 5) is 13.4. The molecule has 1 aliphatic heterocycles. The number of nitrogens with zero attached hydrogens (tertiary/aromatic N) is 1.